The number of urea groups is 1. The molecule has 31 heavy (non-hydrogen) atoms. The van der Waals surface area contributed by atoms with E-state index in [2.05, 4.69) is 10.6 Å². The summed E-state index contributed by atoms with van der Waals surface area (Å²) in [7, 11) is 0. The molecule has 2 fully saturated rings. The van der Waals surface area contributed by atoms with Crippen LogP contribution in [0.5, 0.6) is 5.75 Å². The van der Waals surface area contributed by atoms with Gasteiger partial charge in [-0.25, -0.2) is 9.18 Å². The van der Waals surface area contributed by atoms with E-state index in [1.54, 1.807) is 12.1 Å². The molecular formula is C23H22FN3O4. The Labute approximate surface area is 178 Å². The quantitative estimate of drug-likeness (QED) is 0.700. The number of hydrogen-bond acceptors (Lipinski definition) is 4. The Morgan fingerprint density at radius 1 is 1.10 bits per heavy atom. The Bertz CT molecular complexity index is 1070. The van der Waals surface area contributed by atoms with Crippen molar-refractivity contribution < 1.29 is 23.5 Å². The van der Waals surface area contributed by atoms with Crippen LogP contribution < -0.4 is 15.4 Å². The fraction of sp³-hybridized carbons (Fsp3) is 0.348. The first-order valence-electron chi connectivity index (χ1n) is 10.4. The van der Waals surface area contributed by atoms with E-state index in [1.165, 1.54) is 48.4 Å². The highest BCUT2D eigenvalue weighted by molar-refractivity contribution is 6.08. The maximum Gasteiger partial charge on any atom is 0.322 e. The lowest BCUT2D eigenvalue weighted by Gasteiger charge is -2.31. The molecule has 8 heteroatoms. The summed E-state index contributed by atoms with van der Waals surface area (Å²) in [6, 6.07) is 10.1. The number of ether oxygens (including phenoxy) is 1. The van der Waals surface area contributed by atoms with E-state index in [0.717, 1.165) is 11.3 Å². The van der Waals surface area contributed by atoms with Crippen LogP contribution in [0, 0.1) is 11.7 Å². The summed E-state index contributed by atoms with van der Waals surface area (Å²) in [5, 5.41) is 4.88. The minimum atomic E-state index is -1.48. The zero-order chi connectivity index (χ0) is 21.6. The Kier molecular flexibility index (Phi) is 4.64. The molecule has 4 amide bonds. The molecule has 2 heterocycles. The fourth-order valence-electron chi connectivity index (χ4n) is 4.37. The Morgan fingerprint density at radius 3 is 2.52 bits per heavy atom. The molecule has 1 saturated heterocycles. The summed E-state index contributed by atoms with van der Waals surface area (Å²) in [6.45, 7) is 0.902. The number of nitrogens with one attached hydrogen (secondary N) is 2. The van der Waals surface area contributed by atoms with Gasteiger partial charge >= 0.3 is 6.03 Å². The molecule has 2 N–H and O–H groups in total. The van der Waals surface area contributed by atoms with Crippen LogP contribution in [-0.4, -0.2) is 35.9 Å². The van der Waals surface area contributed by atoms with Gasteiger partial charge in [0.05, 0.1) is 13.2 Å². The van der Waals surface area contributed by atoms with E-state index in [1.807, 2.05) is 6.07 Å². The lowest BCUT2D eigenvalue weighted by atomic mass is 9.86. The second-order valence-corrected chi connectivity index (χ2v) is 8.41. The number of carbonyl (C=O) groups excluding carboxylic acids is 3. The maximum atomic E-state index is 13.4. The van der Waals surface area contributed by atoms with E-state index >= 15 is 0 Å². The van der Waals surface area contributed by atoms with E-state index < -0.39 is 23.3 Å². The molecule has 0 aromatic heterocycles. The van der Waals surface area contributed by atoms with Gasteiger partial charge in [0.25, 0.3) is 11.8 Å². The van der Waals surface area contributed by atoms with Crippen molar-refractivity contribution in [1.82, 2.24) is 15.5 Å². The van der Waals surface area contributed by atoms with Crippen LogP contribution in [0.1, 0.15) is 40.7 Å². The molecule has 0 unspecified atom stereocenters. The van der Waals surface area contributed by atoms with Gasteiger partial charge in [0.2, 0.25) is 0 Å². The average Bonchev–Trinajstić information content (AvgIpc) is 3.17. The Morgan fingerprint density at radius 2 is 1.87 bits per heavy atom. The van der Waals surface area contributed by atoms with Crippen molar-refractivity contribution in [1.29, 1.82) is 0 Å². The molecule has 1 atom stereocenters. The first-order chi connectivity index (χ1) is 14.9. The summed E-state index contributed by atoms with van der Waals surface area (Å²) in [6.07, 6.45) is 3.63. The topological polar surface area (TPSA) is 87.7 Å². The molecule has 3 aliphatic rings. The number of carbonyl (C=O) groups is 3. The van der Waals surface area contributed by atoms with Crippen molar-refractivity contribution in [3.8, 4) is 5.75 Å². The molecule has 2 aliphatic heterocycles. The van der Waals surface area contributed by atoms with Crippen molar-refractivity contribution in [3.05, 3.63) is 65.0 Å². The number of nitrogens with zero attached hydrogens (tertiary/aromatic N) is 1. The molecule has 0 bridgehead atoms. The van der Waals surface area contributed by atoms with Crippen LogP contribution in [0.4, 0.5) is 9.18 Å². The van der Waals surface area contributed by atoms with Crippen LogP contribution >= 0.6 is 0 Å². The van der Waals surface area contributed by atoms with Crippen molar-refractivity contribution in [2.45, 2.75) is 31.3 Å². The molecule has 160 valence electrons. The third-order valence-electron chi connectivity index (χ3n) is 6.37. The normalized spacial score (nSPS) is 22.7. The van der Waals surface area contributed by atoms with Crippen LogP contribution in [0.15, 0.2) is 42.5 Å². The monoisotopic (exact) mass is 423 g/mol. The molecule has 7 nitrogen and oxygen atoms in total. The zero-order valence-corrected chi connectivity index (χ0v) is 16.8. The Balaban J connectivity index is 1.38. The van der Waals surface area contributed by atoms with E-state index in [9.17, 15) is 18.8 Å². The minimum Gasteiger partial charge on any atom is -0.493 e. The summed E-state index contributed by atoms with van der Waals surface area (Å²) in [5.41, 5.74) is 0.294. The van der Waals surface area contributed by atoms with Gasteiger partial charge in [-0.1, -0.05) is 18.6 Å². The first kappa shape index (κ1) is 19.5. The van der Waals surface area contributed by atoms with E-state index in [0.29, 0.717) is 30.2 Å². The number of imide groups is 1. The van der Waals surface area contributed by atoms with Crippen molar-refractivity contribution in [2.24, 2.45) is 5.92 Å². The Hall–Kier alpha value is -3.42. The third kappa shape index (κ3) is 3.41. The van der Waals surface area contributed by atoms with Crippen LogP contribution in [0.2, 0.25) is 0 Å². The highest BCUT2D eigenvalue weighted by atomic mass is 19.1. The third-order valence-corrected chi connectivity index (χ3v) is 6.37. The lowest BCUT2D eigenvalue weighted by Crippen LogP contribution is -2.52. The predicted octanol–water partition coefficient (Wildman–Crippen LogP) is 2.70. The number of fused-ring (bicyclic) bond motifs is 1. The summed E-state index contributed by atoms with van der Waals surface area (Å²) < 4.78 is 19.3. The molecular weight excluding hydrogens is 401 g/mol. The highest BCUT2D eigenvalue weighted by Gasteiger charge is 2.50. The molecule has 0 spiro atoms. The molecule has 0 radical (unpaired) electrons. The van der Waals surface area contributed by atoms with Gasteiger partial charge in [-0.2, -0.15) is 0 Å². The van der Waals surface area contributed by atoms with Gasteiger partial charge < -0.3 is 15.0 Å². The smallest absolute Gasteiger partial charge is 0.322 e. The van der Waals surface area contributed by atoms with Crippen LogP contribution in [-0.2, 0) is 16.9 Å². The van der Waals surface area contributed by atoms with Crippen LogP contribution in [0.3, 0.4) is 0 Å². The largest absolute Gasteiger partial charge is 0.493 e. The second kappa shape index (κ2) is 7.37. The minimum absolute atomic E-state index is 0.0675. The molecule has 2 aromatic carbocycles. The van der Waals surface area contributed by atoms with Gasteiger partial charge in [-0.3, -0.25) is 14.9 Å². The van der Waals surface area contributed by atoms with Crippen LogP contribution in [0.25, 0.3) is 0 Å². The van der Waals surface area contributed by atoms with Crippen molar-refractivity contribution in [2.75, 3.05) is 13.2 Å². The molecule has 2 aromatic rings. The number of rotatable bonds is 6. The number of hydrogen-bond donors (Lipinski definition) is 2. The fourth-order valence-corrected chi connectivity index (χ4v) is 4.37. The van der Waals surface area contributed by atoms with E-state index in [-0.39, 0.29) is 12.5 Å². The van der Waals surface area contributed by atoms with E-state index in [4.69, 9.17) is 4.74 Å². The second-order valence-electron chi connectivity index (χ2n) is 8.41. The SMILES string of the molecule is O=C1NC(=O)[C@](CN2Cc3cc(OCC4CCC4)ccc3C2=O)(c2ccc(F)cc2)N1. The van der Waals surface area contributed by atoms with Gasteiger partial charge in [0.1, 0.15) is 11.6 Å². The average molecular weight is 423 g/mol. The van der Waals surface area contributed by atoms with Crippen molar-refractivity contribution >= 4 is 17.8 Å². The van der Waals surface area contributed by atoms with Gasteiger partial charge in [-0.15, -0.1) is 0 Å². The number of halogens is 1. The highest BCUT2D eigenvalue weighted by Crippen LogP contribution is 2.33. The maximum absolute atomic E-state index is 13.4. The first-order valence-corrected chi connectivity index (χ1v) is 10.4. The standard InChI is InChI=1S/C23H22FN3O4/c24-17-6-4-16(5-7-17)23(21(29)25-22(30)26-23)13-27-11-15-10-18(8-9-19(15)20(27)28)31-12-14-2-1-3-14/h4-10,14H,1-3,11-13H2,(H2,25,26,29,30)/t23-/m0/s1. The lowest BCUT2D eigenvalue weighted by molar-refractivity contribution is -0.124. The zero-order valence-electron chi connectivity index (χ0n) is 16.8. The van der Waals surface area contributed by atoms with Gasteiger partial charge in [-0.05, 0) is 60.2 Å². The van der Waals surface area contributed by atoms with Gasteiger partial charge in [0.15, 0.2) is 5.54 Å². The number of benzene rings is 2. The number of amides is 4. The molecule has 1 saturated carbocycles. The van der Waals surface area contributed by atoms with Gasteiger partial charge in [0, 0.05) is 12.1 Å². The summed E-state index contributed by atoms with van der Waals surface area (Å²) in [5.74, 6) is 0.0722. The molecule has 1 aliphatic carbocycles. The summed E-state index contributed by atoms with van der Waals surface area (Å²) >= 11 is 0. The van der Waals surface area contributed by atoms with Crippen molar-refractivity contribution in [3.63, 3.8) is 0 Å². The predicted molar refractivity (Wildman–Crippen MR) is 109 cm³/mol. The summed E-state index contributed by atoms with van der Waals surface area (Å²) in [4.78, 5) is 39.2. The molecule has 5 rings (SSSR count).